The summed E-state index contributed by atoms with van der Waals surface area (Å²) >= 11 is 1.31. The van der Waals surface area contributed by atoms with Crippen LogP contribution in [0.5, 0.6) is 0 Å². The molecule has 1 aromatic rings. The molecule has 0 fully saturated rings. The van der Waals surface area contributed by atoms with Crippen LogP contribution in [-0.2, 0) is 4.79 Å². The lowest BCUT2D eigenvalue weighted by Crippen LogP contribution is -2.24. The molecule has 0 aliphatic rings. The van der Waals surface area contributed by atoms with Gasteiger partial charge in [-0.2, -0.15) is 0 Å². The monoisotopic (exact) mass is 242 g/mol. The second-order valence-electron chi connectivity index (χ2n) is 3.37. The van der Waals surface area contributed by atoms with Crippen molar-refractivity contribution in [3.05, 3.63) is 16.1 Å². The van der Waals surface area contributed by atoms with Crippen LogP contribution in [0.25, 0.3) is 0 Å². The highest BCUT2D eigenvalue weighted by atomic mass is 32.1. The Kier molecular flexibility index (Phi) is 4.91. The zero-order chi connectivity index (χ0) is 12.0. The highest BCUT2D eigenvalue weighted by Gasteiger charge is 2.10. The van der Waals surface area contributed by atoms with Gasteiger partial charge in [-0.3, -0.25) is 9.59 Å². The molecular formula is C10H14N2O3S. The van der Waals surface area contributed by atoms with E-state index in [0.29, 0.717) is 24.3 Å². The maximum absolute atomic E-state index is 11.6. The summed E-state index contributed by atoms with van der Waals surface area (Å²) in [6, 6.07) is 0. The van der Waals surface area contributed by atoms with Crippen molar-refractivity contribution in [1.82, 2.24) is 10.3 Å². The van der Waals surface area contributed by atoms with Crippen molar-refractivity contribution in [2.45, 2.75) is 26.2 Å². The summed E-state index contributed by atoms with van der Waals surface area (Å²) in [7, 11) is 0. The minimum absolute atomic E-state index is 0.129. The molecule has 0 saturated heterocycles. The third-order valence-electron chi connectivity index (χ3n) is 2.05. The molecule has 0 aliphatic heterocycles. The number of thiazole rings is 1. The van der Waals surface area contributed by atoms with Gasteiger partial charge in [-0.25, -0.2) is 4.98 Å². The first-order chi connectivity index (χ1) is 7.61. The van der Waals surface area contributed by atoms with Crippen LogP contribution in [0.2, 0.25) is 0 Å². The molecule has 0 saturated carbocycles. The van der Waals surface area contributed by atoms with Crippen molar-refractivity contribution in [2.24, 2.45) is 0 Å². The van der Waals surface area contributed by atoms with Gasteiger partial charge in [0.25, 0.3) is 5.91 Å². The Balaban J connectivity index is 2.21. The number of carbonyl (C=O) groups excluding carboxylic acids is 1. The second-order valence-corrected chi connectivity index (χ2v) is 4.23. The number of hydrogen-bond donors (Lipinski definition) is 2. The SMILES string of the molecule is Cc1ncsc1C(=O)NCCCCC(=O)O. The molecule has 0 atom stereocenters. The molecule has 2 N–H and O–H groups in total. The van der Waals surface area contributed by atoms with Crippen LogP contribution in [0.3, 0.4) is 0 Å². The summed E-state index contributed by atoms with van der Waals surface area (Å²) in [6.45, 7) is 2.29. The zero-order valence-electron chi connectivity index (χ0n) is 9.02. The Labute approximate surface area is 97.5 Å². The van der Waals surface area contributed by atoms with Crippen LogP contribution in [0.15, 0.2) is 5.51 Å². The number of nitrogens with one attached hydrogen (secondary N) is 1. The smallest absolute Gasteiger partial charge is 0.303 e. The lowest BCUT2D eigenvalue weighted by molar-refractivity contribution is -0.137. The first-order valence-corrected chi connectivity index (χ1v) is 5.89. The van der Waals surface area contributed by atoms with Gasteiger partial charge in [0, 0.05) is 13.0 Å². The molecule has 0 unspecified atom stereocenters. The summed E-state index contributed by atoms with van der Waals surface area (Å²) in [6.07, 6.45) is 1.41. The topological polar surface area (TPSA) is 79.3 Å². The Morgan fingerprint density at radius 1 is 1.50 bits per heavy atom. The van der Waals surface area contributed by atoms with Crippen LogP contribution < -0.4 is 5.32 Å². The number of aliphatic carboxylic acids is 1. The molecule has 0 aliphatic carbocycles. The zero-order valence-corrected chi connectivity index (χ0v) is 9.84. The van der Waals surface area contributed by atoms with E-state index >= 15 is 0 Å². The number of nitrogens with zero attached hydrogens (tertiary/aromatic N) is 1. The predicted molar refractivity (Wildman–Crippen MR) is 60.7 cm³/mol. The number of carbonyl (C=O) groups is 2. The minimum atomic E-state index is -0.801. The number of aromatic nitrogens is 1. The van der Waals surface area contributed by atoms with E-state index < -0.39 is 5.97 Å². The standard InChI is InChI=1S/C10H14N2O3S/c1-7-9(16-6-12-7)10(15)11-5-3-2-4-8(13)14/h6H,2-5H2,1H3,(H,11,15)(H,13,14). The van der Waals surface area contributed by atoms with Gasteiger partial charge >= 0.3 is 5.97 Å². The molecule has 0 spiro atoms. The van der Waals surface area contributed by atoms with Crippen molar-refractivity contribution >= 4 is 23.2 Å². The third-order valence-corrected chi connectivity index (χ3v) is 2.98. The van der Waals surface area contributed by atoms with Crippen LogP contribution in [0, 0.1) is 6.92 Å². The van der Waals surface area contributed by atoms with Gasteiger partial charge in [0.2, 0.25) is 0 Å². The van der Waals surface area contributed by atoms with Gasteiger partial charge in [0.1, 0.15) is 4.88 Å². The number of rotatable bonds is 6. The predicted octanol–water partition coefficient (Wildman–Crippen LogP) is 1.44. The summed E-state index contributed by atoms with van der Waals surface area (Å²) in [5.74, 6) is -0.931. The van der Waals surface area contributed by atoms with E-state index in [0.717, 1.165) is 5.69 Å². The number of unbranched alkanes of at least 4 members (excludes halogenated alkanes) is 1. The van der Waals surface area contributed by atoms with E-state index in [1.54, 1.807) is 12.4 Å². The lowest BCUT2D eigenvalue weighted by Gasteiger charge is -2.02. The fraction of sp³-hybridized carbons (Fsp3) is 0.500. The fourth-order valence-corrected chi connectivity index (χ4v) is 1.92. The van der Waals surface area contributed by atoms with Crippen molar-refractivity contribution in [3.8, 4) is 0 Å². The molecule has 1 heterocycles. The lowest BCUT2D eigenvalue weighted by atomic mass is 10.2. The molecule has 88 valence electrons. The summed E-state index contributed by atoms with van der Waals surface area (Å²) < 4.78 is 0. The quantitative estimate of drug-likeness (QED) is 0.740. The Hall–Kier alpha value is -1.43. The first-order valence-electron chi connectivity index (χ1n) is 5.01. The molecule has 1 rings (SSSR count). The molecule has 0 aromatic carbocycles. The van der Waals surface area contributed by atoms with Crippen LogP contribution >= 0.6 is 11.3 Å². The van der Waals surface area contributed by atoms with Crippen LogP contribution in [0.4, 0.5) is 0 Å². The Bertz CT molecular complexity index is 376. The highest BCUT2D eigenvalue weighted by molar-refractivity contribution is 7.11. The van der Waals surface area contributed by atoms with Gasteiger partial charge in [-0.05, 0) is 19.8 Å². The molecule has 0 radical (unpaired) electrons. The first kappa shape index (κ1) is 12.6. The van der Waals surface area contributed by atoms with Crippen molar-refractivity contribution < 1.29 is 14.7 Å². The molecule has 0 bridgehead atoms. The van der Waals surface area contributed by atoms with Gasteiger partial charge in [0.15, 0.2) is 0 Å². The number of carboxylic acids is 1. The fourth-order valence-electron chi connectivity index (χ4n) is 1.20. The van der Waals surface area contributed by atoms with Crippen molar-refractivity contribution in [1.29, 1.82) is 0 Å². The summed E-state index contributed by atoms with van der Waals surface area (Å²) in [5.41, 5.74) is 2.36. The van der Waals surface area contributed by atoms with Gasteiger partial charge in [-0.15, -0.1) is 11.3 Å². The summed E-state index contributed by atoms with van der Waals surface area (Å²) in [4.78, 5) is 26.4. The summed E-state index contributed by atoms with van der Waals surface area (Å²) in [5, 5.41) is 11.2. The van der Waals surface area contributed by atoms with Gasteiger partial charge in [0.05, 0.1) is 11.2 Å². The van der Waals surface area contributed by atoms with Gasteiger partial charge < -0.3 is 10.4 Å². The van der Waals surface area contributed by atoms with E-state index in [1.165, 1.54) is 11.3 Å². The third kappa shape index (κ3) is 3.98. The average Bonchev–Trinajstić information content (AvgIpc) is 2.63. The van der Waals surface area contributed by atoms with E-state index in [2.05, 4.69) is 10.3 Å². The number of hydrogen-bond acceptors (Lipinski definition) is 4. The van der Waals surface area contributed by atoms with E-state index in [-0.39, 0.29) is 12.3 Å². The maximum atomic E-state index is 11.6. The molecule has 5 nitrogen and oxygen atoms in total. The highest BCUT2D eigenvalue weighted by Crippen LogP contribution is 2.11. The Morgan fingerprint density at radius 2 is 2.25 bits per heavy atom. The number of carboxylic acid groups (broad SMARTS) is 1. The van der Waals surface area contributed by atoms with E-state index in [1.807, 2.05) is 0 Å². The second kappa shape index (κ2) is 6.22. The van der Waals surface area contributed by atoms with Crippen LogP contribution in [-0.4, -0.2) is 28.5 Å². The maximum Gasteiger partial charge on any atom is 0.303 e. The number of aryl methyl sites for hydroxylation is 1. The molecule has 1 aromatic heterocycles. The molecule has 16 heavy (non-hydrogen) atoms. The molecular weight excluding hydrogens is 228 g/mol. The number of amides is 1. The largest absolute Gasteiger partial charge is 0.481 e. The molecule has 6 heteroatoms. The molecule has 1 amide bonds. The minimum Gasteiger partial charge on any atom is -0.481 e. The van der Waals surface area contributed by atoms with E-state index in [4.69, 9.17) is 5.11 Å². The Morgan fingerprint density at radius 3 is 2.81 bits per heavy atom. The normalized spacial score (nSPS) is 10.1. The van der Waals surface area contributed by atoms with Crippen molar-refractivity contribution in [3.63, 3.8) is 0 Å². The van der Waals surface area contributed by atoms with Crippen LogP contribution in [0.1, 0.15) is 34.6 Å². The average molecular weight is 242 g/mol. The van der Waals surface area contributed by atoms with E-state index in [9.17, 15) is 9.59 Å². The van der Waals surface area contributed by atoms with Gasteiger partial charge in [-0.1, -0.05) is 0 Å². The van der Waals surface area contributed by atoms with Crippen molar-refractivity contribution in [2.75, 3.05) is 6.54 Å².